The van der Waals surface area contributed by atoms with Crippen molar-refractivity contribution in [3.63, 3.8) is 0 Å². The van der Waals surface area contributed by atoms with Crippen molar-refractivity contribution in [2.45, 2.75) is 19.8 Å². The SMILES string of the molecule is [B]=NCCCC. The van der Waals surface area contributed by atoms with E-state index >= 15 is 0 Å². The first-order valence-corrected chi connectivity index (χ1v) is 2.28. The van der Waals surface area contributed by atoms with Crippen LogP contribution in [0.15, 0.2) is 4.90 Å². The van der Waals surface area contributed by atoms with Gasteiger partial charge < -0.3 is 0 Å². The van der Waals surface area contributed by atoms with Crippen LogP contribution in [-0.4, -0.2) is 14.2 Å². The molecule has 0 atom stereocenters. The summed E-state index contributed by atoms with van der Waals surface area (Å²) in [6.07, 6.45) is 2.30. The van der Waals surface area contributed by atoms with Crippen LogP contribution in [0.25, 0.3) is 0 Å². The molecule has 0 saturated carbocycles. The molecule has 1 nitrogen and oxygen atoms in total. The zero-order valence-electron chi connectivity index (χ0n) is 4.15. The maximum absolute atomic E-state index is 4.84. The summed E-state index contributed by atoms with van der Waals surface area (Å²) < 4.78 is 0. The summed E-state index contributed by atoms with van der Waals surface area (Å²) in [4.78, 5) is 3.43. The molecular formula is C4H9BN. The van der Waals surface area contributed by atoms with Crippen LogP contribution in [0.1, 0.15) is 19.8 Å². The molecule has 0 rings (SSSR count). The Morgan fingerprint density at radius 2 is 2.33 bits per heavy atom. The quantitative estimate of drug-likeness (QED) is 0.357. The Bertz CT molecular complexity index is 36.5. The number of hydrogen-bond donors (Lipinski definition) is 0. The number of rotatable bonds is 3. The third-order valence-electron chi connectivity index (χ3n) is 0.641. The van der Waals surface area contributed by atoms with Crippen LogP contribution in [0.4, 0.5) is 0 Å². The van der Waals surface area contributed by atoms with Gasteiger partial charge in [-0.15, -0.1) is 0 Å². The second-order valence-corrected chi connectivity index (χ2v) is 1.26. The van der Waals surface area contributed by atoms with Gasteiger partial charge in [0.15, 0.2) is 0 Å². The van der Waals surface area contributed by atoms with E-state index < -0.39 is 0 Å². The molecule has 0 bridgehead atoms. The van der Waals surface area contributed by atoms with Gasteiger partial charge in [-0.1, -0.05) is 0 Å². The Morgan fingerprint density at radius 1 is 1.67 bits per heavy atom. The van der Waals surface area contributed by atoms with Gasteiger partial charge in [0, 0.05) is 0 Å². The van der Waals surface area contributed by atoms with Crippen LogP contribution in [0.5, 0.6) is 0 Å². The van der Waals surface area contributed by atoms with E-state index in [1.807, 2.05) is 0 Å². The van der Waals surface area contributed by atoms with Gasteiger partial charge in [-0.25, -0.2) is 0 Å². The van der Waals surface area contributed by atoms with E-state index in [4.69, 9.17) is 7.64 Å². The monoisotopic (exact) mass is 82.1 g/mol. The summed E-state index contributed by atoms with van der Waals surface area (Å²) in [5.74, 6) is 0. The summed E-state index contributed by atoms with van der Waals surface area (Å²) in [7, 11) is 4.84. The topological polar surface area (TPSA) is 12.4 Å². The van der Waals surface area contributed by atoms with Crippen molar-refractivity contribution in [3.8, 4) is 0 Å². The molecular weight excluding hydrogens is 72.9 g/mol. The molecule has 0 unspecified atom stereocenters. The predicted molar refractivity (Wildman–Crippen MR) is 28.0 cm³/mol. The van der Waals surface area contributed by atoms with E-state index in [0.29, 0.717) is 0 Å². The first kappa shape index (κ1) is 5.86. The predicted octanol–water partition coefficient (Wildman–Crippen LogP) is 1.14. The summed E-state index contributed by atoms with van der Waals surface area (Å²) in [6.45, 7) is 2.93. The van der Waals surface area contributed by atoms with Gasteiger partial charge in [0.25, 0.3) is 0 Å². The molecule has 1 radical (unpaired) electrons. The third-order valence-corrected chi connectivity index (χ3v) is 0.641. The van der Waals surface area contributed by atoms with E-state index in [1.54, 1.807) is 0 Å². The van der Waals surface area contributed by atoms with E-state index in [-0.39, 0.29) is 0 Å². The fourth-order valence-electron chi connectivity index (χ4n) is 0.249. The molecule has 0 aromatic rings. The van der Waals surface area contributed by atoms with Gasteiger partial charge in [-0.2, -0.15) is 0 Å². The van der Waals surface area contributed by atoms with Crippen molar-refractivity contribution in [1.29, 1.82) is 0 Å². The van der Waals surface area contributed by atoms with Gasteiger partial charge in [-0.3, -0.25) is 0 Å². The summed E-state index contributed by atoms with van der Waals surface area (Å²) in [5.41, 5.74) is 0. The third kappa shape index (κ3) is 3.86. The standard InChI is InChI=1S/C4H9BN/c1-2-3-4-6-5/h2-4H2,1H3. The second-order valence-electron chi connectivity index (χ2n) is 1.26. The van der Waals surface area contributed by atoms with Crippen LogP contribution < -0.4 is 0 Å². The van der Waals surface area contributed by atoms with E-state index in [2.05, 4.69) is 11.8 Å². The molecule has 0 aromatic heterocycles. The number of unbranched alkanes of at least 4 members (excludes halogenated alkanes) is 1. The minimum absolute atomic E-state index is 0.816. The number of hydrogen-bond acceptors (Lipinski definition) is 1. The van der Waals surface area contributed by atoms with E-state index in [0.717, 1.165) is 13.0 Å². The average molecular weight is 81.9 g/mol. The van der Waals surface area contributed by atoms with E-state index in [9.17, 15) is 0 Å². The Labute approximate surface area is 39.9 Å². The Balaban J connectivity index is 2.49. The second kappa shape index (κ2) is 4.86. The van der Waals surface area contributed by atoms with Crippen LogP contribution in [-0.2, 0) is 0 Å². The molecule has 0 aliphatic carbocycles. The van der Waals surface area contributed by atoms with Crippen molar-refractivity contribution < 1.29 is 0 Å². The molecule has 6 heavy (non-hydrogen) atoms. The zero-order chi connectivity index (χ0) is 4.83. The van der Waals surface area contributed by atoms with Crippen molar-refractivity contribution in [2.24, 2.45) is 4.90 Å². The van der Waals surface area contributed by atoms with Crippen LogP contribution >= 0.6 is 0 Å². The van der Waals surface area contributed by atoms with Crippen LogP contribution in [0.3, 0.4) is 0 Å². The van der Waals surface area contributed by atoms with Crippen molar-refractivity contribution in [1.82, 2.24) is 0 Å². The van der Waals surface area contributed by atoms with Crippen LogP contribution in [0, 0.1) is 0 Å². The molecule has 33 valence electrons. The average Bonchev–Trinajstić information content (AvgIpc) is 1.61. The fraction of sp³-hybridized carbons (Fsp3) is 1.00. The summed E-state index contributed by atoms with van der Waals surface area (Å²) in [6, 6.07) is 0. The molecule has 0 N–H and O–H groups in total. The normalized spacial score (nSPS) is 8.00. The first-order chi connectivity index (χ1) is 2.91. The number of nitrogens with zero attached hydrogens (tertiary/aromatic N) is 1. The van der Waals surface area contributed by atoms with Crippen molar-refractivity contribution >= 4 is 7.64 Å². The molecule has 0 fully saturated rings. The fourth-order valence-corrected chi connectivity index (χ4v) is 0.249. The maximum atomic E-state index is 4.84. The van der Waals surface area contributed by atoms with Gasteiger partial charge in [0.2, 0.25) is 0 Å². The molecule has 0 aromatic carbocycles. The molecule has 0 heterocycles. The Morgan fingerprint density at radius 3 is 2.50 bits per heavy atom. The van der Waals surface area contributed by atoms with Gasteiger partial charge in [0.1, 0.15) is 0 Å². The molecule has 0 spiro atoms. The molecule has 0 amide bonds. The molecule has 0 aliphatic rings. The summed E-state index contributed by atoms with van der Waals surface area (Å²) in [5, 5.41) is 0. The Kier molecular flexibility index (Phi) is 4.76. The first-order valence-electron chi connectivity index (χ1n) is 2.28. The zero-order valence-corrected chi connectivity index (χ0v) is 4.15. The molecule has 0 saturated heterocycles. The van der Waals surface area contributed by atoms with Crippen molar-refractivity contribution in [3.05, 3.63) is 0 Å². The van der Waals surface area contributed by atoms with Crippen LogP contribution in [0.2, 0.25) is 0 Å². The minimum atomic E-state index is 0.816. The molecule has 0 aliphatic heterocycles. The van der Waals surface area contributed by atoms with E-state index in [1.165, 1.54) is 6.42 Å². The van der Waals surface area contributed by atoms with Gasteiger partial charge in [0.05, 0.1) is 0 Å². The van der Waals surface area contributed by atoms with Crippen molar-refractivity contribution in [2.75, 3.05) is 6.54 Å². The Hall–Kier alpha value is -0.135. The summed E-state index contributed by atoms with van der Waals surface area (Å²) >= 11 is 0. The molecule has 2 heteroatoms. The van der Waals surface area contributed by atoms with Gasteiger partial charge >= 0.3 is 38.8 Å². The van der Waals surface area contributed by atoms with Gasteiger partial charge in [-0.05, 0) is 0 Å².